The van der Waals surface area contributed by atoms with E-state index in [4.69, 9.17) is 5.73 Å². The molecule has 122 valence electrons. The van der Waals surface area contributed by atoms with Gasteiger partial charge in [0.05, 0.1) is 0 Å². The van der Waals surface area contributed by atoms with Gasteiger partial charge in [0.25, 0.3) is 0 Å². The van der Waals surface area contributed by atoms with Gasteiger partial charge in [0, 0.05) is 37.5 Å². The molecule has 1 heterocycles. The van der Waals surface area contributed by atoms with Gasteiger partial charge in [0.15, 0.2) is 0 Å². The molecule has 5 heteroatoms. The fraction of sp³-hybridized carbons (Fsp3) is 0.875. The summed E-state index contributed by atoms with van der Waals surface area (Å²) in [6.45, 7) is 7.38. The van der Waals surface area contributed by atoms with Crippen molar-refractivity contribution in [1.82, 2.24) is 10.2 Å². The fourth-order valence-corrected chi connectivity index (χ4v) is 2.76. The maximum atomic E-state index is 12.4. The van der Waals surface area contributed by atoms with Crippen molar-refractivity contribution in [1.29, 1.82) is 0 Å². The van der Waals surface area contributed by atoms with E-state index in [9.17, 15) is 9.59 Å². The normalized spacial score (nSPS) is 19.1. The number of rotatable bonds is 7. The minimum atomic E-state index is 0.0746. The van der Waals surface area contributed by atoms with Gasteiger partial charge in [-0.1, -0.05) is 20.3 Å². The molecule has 1 saturated heterocycles. The Kier molecular flexibility index (Phi) is 7.72. The van der Waals surface area contributed by atoms with Crippen LogP contribution in [0, 0.1) is 5.92 Å². The summed E-state index contributed by atoms with van der Waals surface area (Å²) < 4.78 is 0. The van der Waals surface area contributed by atoms with Gasteiger partial charge >= 0.3 is 0 Å². The molecule has 0 aromatic rings. The summed E-state index contributed by atoms with van der Waals surface area (Å²) in [7, 11) is 0. The molecule has 1 aliphatic heterocycles. The highest BCUT2D eigenvalue weighted by atomic mass is 16.2. The third-order valence-corrected chi connectivity index (χ3v) is 4.21. The van der Waals surface area contributed by atoms with E-state index in [1.54, 1.807) is 0 Å². The molecule has 0 aliphatic carbocycles. The number of hydrogen-bond donors (Lipinski definition) is 2. The number of carbonyl (C=O) groups excluding carboxylic acids is 2. The Bertz CT molecular complexity index is 336. The van der Waals surface area contributed by atoms with Crippen LogP contribution in [-0.2, 0) is 9.59 Å². The van der Waals surface area contributed by atoms with Crippen LogP contribution in [0.2, 0.25) is 0 Å². The smallest absolute Gasteiger partial charge is 0.225 e. The molecule has 21 heavy (non-hydrogen) atoms. The lowest BCUT2D eigenvalue weighted by Gasteiger charge is -2.34. The molecule has 2 amide bonds. The fourth-order valence-electron chi connectivity index (χ4n) is 2.76. The molecule has 1 aliphatic rings. The monoisotopic (exact) mass is 297 g/mol. The maximum Gasteiger partial charge on any atom is 0.225 e. The van der Waals surface area contributed by atoms with Gasteiger partial charge in [-0.05, 0) is 32.6 Å². The van der Waals surface area contributed by atoms with Crippen LogP contribution in [0.5, 0.6) is 0 Å². The molecule has 3 N–H and O–H groups in total. The summed E-state index contributed by atoms with van der Waals surface area (Å²) in [6.07, 6.45) is 5.15. The first-order valence-corrected chi connectivity index (χ1v) is 8.27. The second-order valence-corrected chi connectivity index (χ2v) is 6.33. The lowest BCUT2D eigenvalue weighted by molar-refractivity contribution is -0.136. The summed E-state index contributed by atoms with van der Waals surface area (Å²) in [6, 6.07) is 0.445. The molecule has 2 atom stereocenters. The summed E-state index contributed by atoms with van der Waals surface area (Å²) in [5, 5.41) is 3.01. The number of nitrogens with one attached hydrogen (secondary N) is 1. The first-order chi connectivity index (χ1) is 9.93. The zero-order valence-electron chi connectivity index (χ0n) is 13.7. The lowest BCUT2D eigenvalue weighted by atomic mass is 9.98. The predicted molar refractivity (Wildman–Crippen MR) is 84.7 cm³/mol. The van der Waals surface area contributed by atoms with Gasteiger partial charge in [0.1, 0.15) is 0 Å². The molecule has 1 fully saturated rings. The molecular formula is C16H31N3O2. The van der Waals surface area contributed by atoms with E-state index in [-0.39, 0.29) is 29.8 Å². The van der Waals surface area contributed by atoms with Crippen LogP contribution < -0.4 is 11.1 Å². The molecule has 0 bridgehead atoms. The Morgan fingerprint density at radius 1 is 1.24 bits per heavy atom. The molecule has 0 aromatic carbocycles. The molecule has 0 aromatic heterocycles. The van der Waals surface area contributed by atoms with Crippen molar-refractivity contribution in [3.05, 3.63) is 0 Å². The van der Waals surface area contributed by atoms with Crippen molar-refractivity contribution in [3.8, 4) is 0 Å². The first kappa shape index (κ1) is 18.0. The lowest BCUT2D eigenvalue weighted by Crippen LogP contribution is -2.47. The first-order valence-electron chi connectivity index (χ1n) is 8.27. The van der Waals surface area contributed by atoms with Gasteiger partial charge in [-0.2, -0.15) is 0 Å². The van der Waals surface area contributed by atoms with E-state index in [0.29, 0.717) is 6.42 Å². The average Bonchev–Trinajstić information content (AvgIpc) is 2.46. The van der Waals surface area contributed by atoms with Crippen molar-refractivity contribution >= 4 is 11.8 Å². The number of nitrogens with two attached hydrogens (primary N) is 1. The molecular weight excluding hydrogens is 266 g/mol. The minimum absolute atomic E-state index is 0.0746. The molecule has 5 nitrogen and oxygen atoms in total. The van der Waals surface area contributed by atoms with E-state index < -0.39 is 0 Å². The second-order valence-electron chi connectivity index (χ2n) is 6.33. The average molecular weight is 297 g/mol. The number of amides is 2. The van der Waals surface area contributed by atoms with Gasteiger partial charge in [-0.15, -0.1) is 0 Å². The van der Waals surface area contributed by atoms with Crippen LogP contribution in [0.15, 0.2) is 0 Å². The van der Waals surface area contributed by atoms with Crippen molar-refractivity contribution in [2.45, 2.75) is 71.4 Å². The Hall–Kier alpha value is -1.10. The van der Waals surface area contributed by atoms with E-state index in [2.05, 4.69) is 5.32 Å². The Balaban J connectivity index is 2.29. The number of carbonyl (C=O) groups is 2. The molecule has 0 saturated carbocycles. The van der Waals surface area contributed by atoms with Gasteiger partial charge < -0.3 is 16.0 Å². The van der Waals surface area contributed by atoms with Crippen molar-refractivity contribution < 1.29 is 9.59 Å². The van der Waals surface area contributed by atoms with Crippen LogP contribution in [0.25, 0.3) is 0 Å². The van der Waals surface area contributed by atoms with Crippen molar-refractivity contribution in [2.24, 2.45) is 11.7 Å². The van der Waals surface area contributed by atoms with Gasteiger partial charge in [0.2, 0.25) is 11.8 Å². The Labute approximate surface area is 128 Å². The summed E-state index contributed by atoms with van der Waals surface area (Å²) in [5.41, 5.74) is 5.73. The summed E-state index contributed by atoms with van der Waals surface area (Å²) in [5.74, 6) is 0.425. The van der Waals surface area contributed by atoms with E-state index in [1.165, 1.54) is 0 Å². The van der Waals surface area contributed by atoms with Crippen LogP contribution in [0.4, 0.5) is 0 Å². The van der Waals surface area contributed by atoms with Crippen molar-refractivity contribution in [2.75, 3.05) is 13.1 Å². The highest BCUT2D eigenvalue weighted by molar-refractivity contribution is 5.78. The van der Waals surface area contributed by atoms with Crippen LogP contribution in [0.3, 0.4) is 0 Å². The third-order valence-electron chi connectivity index (χ3n) is 4.21. The van der Waals surface area contributed by atoms with Crippen molar-refractivity contribution in [3.63, 3.8) is 0 Å². The zero-order valence-corrected chi connectivity index (χ0v) is 13.7. The topological polar surface area (TPSA) is 75.4 Å². The molecule has 1 rings (SSSR count). The quantitative estimate of drug-likeness (QED) is 0.750. The Morgan fingerprint density at radius 3 is 2.38 bits per heavy atom. The highest BCUT2D eigenvalue weighted by Crippen LogP contribution is 2.17. The SMILES string of the molecule is CCC(=O)NC1CCN(C(=O)C(C)CCCC(C)N)CC1. The van der Waals surface area contributed by atoms with Gasteiger partial charge in [-0.3, -0.25) is 9.59 Å². The largest absolute Gasteiger partial charge is 0.353 e. The standard InChI is InChI=1S/C16H31N3O2/c1-4-15(20)18-14-8-10-19(11-9-14)16(21)12(2)6-5-7-13(3)17/h12-14H,4-11,17H2,1-3H3,(H,18,20). The highest BCUT2D eigenvalue weighted by Gasteiger charge is 2.26. The second kappa shape index (κ2) is 9.03. The molecule has 0 spiro atoms. The van der Waals surface area contributed by atoms with E-state index in [0.717, 1.165) is 45.2 Å². The van der Waals surface area contributed by atoms with E-state index in [1.807, 2.05) is 25.7 Å². The third kappa shape index (κ3) is 6.46. The number of nitrogens with zero attached hydrogens (tertiary/aromatic N) is 1. The summed E-state index contributed by atoms with van der Waals surface area (Å²) >= 11 is 0. The predicted octanol–water partition coefficient (Wildman–Crippen LogP) is 1.66. The van der Waals surface area contributed by atoms with E-state index >= 15 is 0 Å². The number of likely N-dealkylation sites (tertiary alicyclic amines) is 1. The number of hydrogen-bond acceptors (Lipinski definition) is 3. The summed E-state index contributed by atoms with van der Waals surface area (Å²) in [4.78, 5) is 25.7. The molecule has 0 radical (unpaired) electrons. The van der Waals surface area contributed by atoms with Crippen LogP contribution in [0.1, 0.15) is 59.3 Å². The van der Waals surface area contributed by atoms with Crippen LogP contribution in [-0.4, -0.2) is 41.9 Å². The zero-order chi connectivity index (χ0) is 15.8. The maximum absolute atomic E-state index is 12.4. The molecule has 2 unspecified atom stereocenters. The number of piperidine rings is 1. The Morgan fingerprint density at radius 2 is 1.86 bits per heavy atom. The minimum Gasteiger partial charge on any atom is -0.353 e. The van der Waals surface area contributed by atoms with Crippen LogP contribution >= 0.6 is 0 Å². The van der Waals surface area contributed by atoms with Gasteiger partial charge in [-0.25, -0.2) is 0 Å².